The number of piperidine rings is 1. The van der Waals surface area contributed by atoms with Crippen LogP contribution in [0.4, 0.5) is 4.79 Å². The first-order chi connectivity index (χ1) is 9.87. The standard InChI is InChI=1S/C15H26N2O4/c1-14(6-9-21-10-7-14)11-16-13(20)17-8-4-3-5-15(17,2)12(18)19/h3-11H2,1-2H3,(H,16,20)(H,18,19). The number of hydrogen-bond donors (Lipinski definition) is 2. The van der Waals surface area contributed by atoms with Gasteiger partial charge in [0.25, 0.3) is 0 Å². The van der Waals surface area contributed by atoms with Crippen molar-refractivity contribution in [3.05, 3.63) is 0 Å². The van der Waals surface area contributed by atoms with Gasteiger partial charge in [0.05, 0.1) is 0 Å². The topological polar surface area (TPSA) is 78.9 Å². The fourth-order valence-electron chi connectivity index (χ4n) is 3.09. The Kier molecular flexibility index (Phi) is 4.76. The largest absolute Gasteiger partial charge is 0.480 e. The van der Waals surface area contributed by atoms with Gasteiger partial charge in [0.1, 0.15) is 5.54 Å². The van der Waals surface area contributed by atoms with E-state index < -0.39 is 11.5 Å². The second-order valence-electron chi connectivity index (χ2n) is 6.77. The van der Waals surface area contributed by atoms with E-state index in [-0.39, 0.29) is 11.4 Å². The van der Waals surface area contributed by atoms with Gasteiger partial charge < -0.3 is 20.1 Å². The molecule has 0 aromatic carbocycles. The molecule has 21 heavy (non-hydrogen) atoms. The van der Waals surface area contributed by atoms with Crippen LogP contribution < -0.4 is 5.32 Å². The minimum Gasteiger partial charge on any atom is -0.480 e. The van der Waals surface area contributed by atoms with Crippen molar-refractivity contribution in [3.63, 3.8) is 0 Å². The summed E-state index contributed by atoms with van der Waals surface area (Å²) in [6, 6.07) is -0.257. The molecule has 1 unspecified atom stereocenters. The Morgan fingerprint density at radius 1 is 1.19 bits per heavy atom. The highest BCUT2D eigenvalue weighted by molar-refractivity contribution is 5.86. The van der Waals surface area contributed by atoms with Gasteiger partial charge >= 0.3 is 12.0 Å². The summed E-state index contributed by atoms with van der Waals surface area (Å²) in [5, 5.41) is 12.4. The molecule has 2 N–H and O–H groups in total. The molecule has 2 saturated heterocycles. The lowest BCUT2D eigenvalue weighted by molar-refractivity contribution is -0.150. The number of hydrogen-bond acceptors (Lipinski definition) is 3. The number of amides is 2. The minimum atomic E-state index is -1.08. The molecule has 0 aliphatic carbocycles. The molecular weight excluding hydrogens is 272 g/mol. The number of carboxylic acid groups (broad SMARTS) is 1. The highest BCUT2D eigenvalue weighted by Crippen LogP contribution is 2.30. The van der Waals surface area contributed by atoms with Crippen LogP contribution >= 0.6 is 0 Å². The van der Waals surface area contributed by atoms with Crippen LogP contribution in [0.25, 0.3) is 0 Å². The summed E-state index contributed by atoms with van der Waals surface area (Å²) < 4.78 is 5.35. The SMILES string of the molecule is CC1(CNC(=O)N2CCCCC2(C)C(=O)O)CCOCC1. The van der Waals surface area contributed by atoms with Crippen molar-refractivity contribution in [2.45, 2.75) is 51.5 Å². The third-order valence-electron chi connectivity index (χ3n) is 4.96. The molecule has 2 aliphatic rings. The molecule has 2 fully saturated rings. The number of aliphatic carboxylic acids is 1. The maximum Gasteiger partial charge on any atom is 0.329 e. The van der Waals surface area contributed by atoms with Crippen LogP contribution in [0.15, 0.2) is 0 Å². The summed E-state index contributed by atoms with van der Waals surface area (Å²) in [5.41, 5.74) is -1.04. The van der Waals surface area contributed by atoms with Crippen molar-refractivity contribution in [2.24, 2.45) is 5.41 Å². The summed E-state index contributed by atoms with van der Waals surface area (Å²) in [5.74, 6) is -0.922. The molecule has 2 aliphatic heterocycles. The van der Waals surface area contributed by atoms with Crippen LogP contribution in [0.2, 0.25) is 0 Å². The van der Waals surface area contributed by atoms with Gasteiger partial charge in [-0.05, 0) is 44.4 Å². The molecule has 0 aromatic rings. The van der Waals surface area contributed by atoms with Crippen LogP contribution in [0, 0.1) is 5.41 Å². The molecule has 0 bridgehead atoms. The van der Waals surface area contributed by atoms with E-state index in [1.807, 2.05) is 0 Å². The molecule has 6 heteroatoms. The number of ether oxygens (including phenoxy) is 1. The van der Waals surface area contributed by atoms with Crippen LogP contribution in [0.5, 0.6) is 0 Å². The second-order valence-corrected chi connectivity index (χ2v) is 6.77. The Bertz CT molecular complexity index is 406. The molecule has 0 spiro atoms. The van der Waals surface area contributed by atoms with Crippen molar-refractivity contribution in [2.75, 3.05) is 26.3 Å². The summed E-state index contributed by atoms with van der Waals surface area (Å²) in [4.78, 5) is 25.4. The van der Waals surface area contributed by atoms with Crippen molar-refractivity contribution in [1.29, 1.82) is 0 Å². The highest BCUT2D eigenvalue weighted by Gasteiger charge is 2.44. The maximum atomic E-state index is 12.4. The molecular formula is C15H26N2O4. The van der Waals surface area contributed by atoms with Crippen LogP contribution in [0.3, 0.4) is 0 Å². The van der Waals surface area contributed by atoms with Crippen molar-refractivity contribution in [3.8, 4) is 0 Å². The van der Waals surface area contributed by atoms with Crippen molar-refractivity contribution >= 4 is 12.0 Å². The lowest BCUT2D eigenvalue weighted by atomic mass is 9.82. The molecule has 0 radical (unpaired) electrons. The van der Waals surface area contributed by atoms with E-state index in [9.17, 15) is 14.7 Å². The van der Waals surface area contributed by atoms with E-state index in [1.165, 1.54) is 4.90 Å². The van der Waals surface area contributed by atoms with Crippen LogP contribution in [-0.2, 0) is 9.53 Å². The van der Waals surface area contributed by atoms with Gasteiger partial charge in [-0.25, -0.2) is 9.59 Å². The minimum absolute atomic E-state index is 0.0450. The van der Waals surface area contributed by atoms with Gasteiger partial charge in [-0.15, -0.1) is 0 Å². The fraction of sp³-hybridized carbons (Fsp3) is 0.867. The lowest BCUT2D eigenvalue weighted by Crippen LogP contribution is -2.60. The Morgan fingerprint density at radius 3 is 2.48 bits per heavy atom. The smallest absolute Gasteiger partial charge is 0.329 e. The van der Waals surface area contributed by atoms with E-state index >= 15 is 0 Å². The monoisotopic (exact) mass is 298 g/mol. The van der Waals surface area contributed by atoms with Gasteiger partial charge in [-0.2, -0.15) is 0 Å². The molecule has 120 valence electrons. The molecule has 2 heterocycles. The Balaban J connectivity index is 1.96. The van der Waals surface area contributed by atoms with Crippen LogP contribution in [-0.4, -0.2) is 53.8 Å². The Morgan fingerprint density at radius 2 is 1.86 bits per heavy atom. The quantitative estimate of drug-likeness (QED) is 0.833. The predicted octanol–water partition coefficient (Wildman–Crippen LogP) is 1.84. The maximum absolute atomic E-state index is 12.4. The third kappa shape index (κ3) is 3.48. The number of carbonyl (C=O) groups is 2. The number of nitrogens with zero attached hydrogens (tertiary/aromatic N) is 1. The number of urea groups is 1. The Hall–Kier alpha value is -1.30. The molecule has 0 aromatic heterocycles. The zero-order valence-corrected chi connectivity index (χ0v) is 13.0. The molecule has 2 rings (SSSR count). The lowest BCUT2D eigenvalue weighted by Gasteiger charge is -2.42. The number of nitrogens with one attached hydrogen (secondary N) is 1. The zero-order valence-electron chi connectivity index (χ0n) is 13.0. The third-order valence-corrected chi connectivity index (χ3v) is 4.96. The molecule has 6 nitrogen and oxygen atoms in total. The van der Waals surface area contributed by atoms with Crippen molar-refractivity contribution < 1.29 is 19.4 Å². The zero-order chi connectivity index (χ0) is 15.5. The summed E-state index contributed by atoms with van der Waals surface area (Å²) in [7, 11) is 0. The average Bonchev–Trinajstić information content (AvgIpc) is 2.46. The van der Waals surface area contributed by atoms with Gasteiger partial charge in [-0.3, -0.25) is 0 Å². The first kappa shape index (κ1) is 16.1. The predicted molar refractivity (Wildman–Crippen MR) is 78.2 cm³/mol. The van der Waals surface area contributed by atoms with E-state index in [0.717, 1.165) is 38.9 Å². The van der Waals surface area contributed by atoms with E-state index in [0.29, 0.717) is 19.5 Å². The number of likely N-dealkylation sites (tertiary alicyclic amines) is 1. The summed E-state index contributed by atoms with van der Waals surface area (Å²) in [6.07, 6.45) is 4.07. The van der Waals surface area contributed by atoms with Gasteiger partial charge in [0, 0.05) is 26.3 Å². The summed E-state index contributed by atoms with van der Waals surface area (Å²) >= 11 is 0. The first-order valence-electron chi connectivity index (χ1n) is 7.74. The van der Waals surface area contributed by atoms with Gasteiger partial charge in [0.15, 0.2) is 0 Å². The molecule has 0 saturated carbocycles. The van der Waals surface area contributed by atoms with E-state index in [1.54, 1.807) is 6.92 Å². The number of carbonyl (C=O) groups excluding carboxylic acids is 1. The first-order valence-corrected chi connectivity index (χ1v) is 7.74. The second kappa shape index (κ2) is 6.22. The Labute approximate surface area is 125 Å². The van der Waals surface area contributed by atoms with E-state index in [2.05, 4.69) is 12.2 Å². The fourth-order valence-corrected chi connectivity index (χ4v) is 3.09. The number of carboxylic acids is 1. The number of rotatable bonds is 3. The summed E-state index contributed by atoms with van der Waals surface area (Å²) in [6.45, 7) is 6.31. The molecule has 1 atom stereocenters. The average molecular weight is 298 g/mol. The van der Waals surface area contributed by atoms with Gasteiger partial charge in [0.2, 0.25) is 0 Å². The molecule has 2 amide bonds. The normalized spacial score (nSPS) is 29.0. The van der Waals surface area contributed by atoms with Crippen LogP contribution in [0.1, 0.15) is 46.0 Å². The van der Waals surface area contributed by atoms with E-state index in [4.69, 9.17) is 4.74 Å². The highest BCUT2D eigenvalue weighted by atomic mass is 16.5. The van der Waals surface area contributed by atoms with Crippen molar-refractivity contribution in [1.82, 2.24) is 10.2 Å². The van der Waals surface area contributed by atoms with Gasteiger partial charge in [-0.1, -0.05) is 6.92 Å².